The molecule has 25 heavy (non-hydrogen) atoms. The predicted molar refractivity (Wildman–Crippen MR) is 99.6 cm³/mol. The molecule has 0 aromatic heterocycles. The molecular formula is C19H35N3O3. The van der Waals surface area contributed by atoms with Gasteiger partial charge < -0.3 is 19.7 Å². The molecule has 144 valence electrons. The number of guanidine groups is 1. The van der Waals surface area contributed by atoms with E-state index in [1.54, 1.807) is 7.05 Å². The maximum Gasteiger partial charge on any atom is 0.310 e. The Labute approximate surface area is 152 Å². The number of esters is 1. The van der Waals surface area contributed by atoms with E-state index in [0.717, 1.165) is 32.1 Å². The lowest BCUT2D eigenvalue weighted by Gasteiger charge is -2.26. The van der Waals surface area contributed by atoms with Gasteiger partial charge in [0.2, 0.25) is 0 Å². The average molecular weight is 354 g/mol. The van der Waals surface area contributed by atoms with Crippen molar-refractivity contribution in [3.63, 3.8) is 0 Å². The van der Waals surface area contributed by atoms with Crippen molar-refractivity contribution in [2.24, 2.45) is 22.7 Å². The van der Waals surface area contributed by atoms with E-state index in [1.807, 2.05) is 0 Å². The van der Waals surface area contributed by atoms with E-state index >= 15 is 0 Å². The van der Waals surface area contributed by atoms with Crippen molar-refractivity contribution < 1.29 is 14.3 Å². The highest BCUT2D eigenvalue weighted by Crippen LogP contribution is 2.30. The van der Waals surface area contributed by atoms with Crippen LogP contribution in [-0.2, 0) is 14.3 Å². The number of methoxy groups -OCH3 is 1. The highest BCUT2D eigenvalue weighted by molar-refractivity contribution is 5.82. The highest BCUT2D eigenvalue weighted by Gasteiger charge is 2.37. The molecule has 1 saturated heterocycles. The minimum atomic E-state index is -0.122. The second-order valence-electron chi connectivity index (χ2n) is 7.31. The van der Waals surface area contributed by atoms with Crippen LogP contribution in [0.15, 0.2) is 4.99 Å². The minimum absolute atomic E-state index is 0.0711. The zero-order valence-electron chi connectivity index (χ0n) is 16.3. The van der Waals surface area contributed by atoms with Gasteiger partial charge in [0.1, 0.15) is 0 Å². The molecule has 1 N–H and O–H groups in total. The first kappa shape index (κ1) is 20.0. The van der Waals surface area contributed by atoms with Gasteiger partial charge in [-0.25, -0.2) is 0 Å². The summed E-state index contributed by atoms with van der Waals surface area (Å²) in [6.07, 6.45) is 6.61. The van der Waals surface area contributed by atoms with Crippen LogP contribution in [0.5, 0.6) is 0 Å². The summed E-state index contributed by atoms with van der Waals surface area (Å²) in [5, 5.41) is 3.47. The quantitative estimate of drug-likeness (QED) is 0.432. The predicted octanol–water partition coefficient (Wildman–Crippen LogP) is 2.29. The molecule has 2 aliphatic rings. The van der Waals surface area contributed by atoms with E-state index in [-0.39, 0.29) is 17.8 Å². The Hall–Kier alpha value is -1.30. The van der Waals surface area contributed by atoms with Gasteiger partial charge in [-0.2, -0.15) is 0 Å². The van der Waals surface area contributed by atoms with E-state index in [0.29, 0.717) is 18.6 Å². The molecule has 0 amide bonds. The van der Waals surface area contributed by atoms with Crippen molar-refractivity contribution in [3.8, 4) is 0 Å². The normalized spacial score (nSPS) is 26.1. The van der Waals surface area contributed by atoms with Gasteiger partial charge in [0.15, 0.2) is 5.96 Å². The Kier molecular flexibility index (Phi) is 8.00. The van der Waals surface area contributed by atoms with Gasteiger partial charge >= 0.3 is 5.97 Å². The molecule has 2 fully saturated rings. The summed E-state index contributed by atoms with van der Waals surface area (Å²) in [7, 11) is 3.26. The number of likely N-dealkylation sites (tertiary alicyclic amines) is 1. The van der Waals surface area contributed by atoms with Crippen molar-refractivity contribution in [1.82, 2.24) is 10.2 Å². The maximum absolute atomic E-state index is 11.9. The van der Waals surface area contributed by atoms with Gasteiger partial charge in [0, 0.05) is 33.3 Å². The van der Waals surface area contributed by atoms with Crippen molar-refractivity contribution in [1.29, 1.82) is 0 Å². The first-order valence-corrected chi connectivity index (χ1v) is 9.75. The van der Waals surface area contributed by atoms with Crippen LogP contribution in [-0.4, -0.2) is 63.3 Å². The molecule has 6 heteroatoms. The zero-order valence-corrected chi connectivity index (χ0v) is 16.3. The lowest BCUT2D eigenvalue weighted by molar-refractivity contribution is -0.145. The number of hydrogen-bond acceptors (Lipinski definition) is 4. The summed E-state index contributed by atoms with van der Waals surface area (Å²) >= 11 is 0. The second kappa shape index (κ2) is 10.00. The van der Waals surface area contributed by atoms with Crippen LogP contribution in [0.1, 0.15) is 46.0 Å². The SMILES string of the molecule is CCOC(CCNC(=NC)N1CC(C)C(C(=O)OC)C1)C1CCCC1. The zero-order chi connectivity index (χ0) is 18.2. The topological polar surface area (TPSA) is 63.2 Å². The fourth-order valence-corrected chi connectivity index (χ4v) is 4.25. The molecular weight excluding hydrogens is 318 g/mol. The van der Waals surface area contributed by atoms with Crippen LogP contribution in [0.3, 0.4) is 0 Å². The fraction of sp³-hybridized carbons (Fsp3) is 0.895. The molecule has 1 aliphatic heterocycles. The van der Waals surface area contributed by atoms with Crippen LogP contribution < -0.4 is 5.32 Å². The van der Waals surface area contributed by atoms with Crippen LogP contribution in [0.4, 0.5) is 0 Å². The molecule has 6 nitrogen and oxygen atoms in total. The Bertz CT molecular complexity index is 449. The van der Waals surface area contributed by atoms with E-state index in [2.05, 4.69) is 29.1 Å². The molecule has 1 saturated carbocycles. The number of ether oxygens (including phenoxy) is 2. The smallest absolute Gasteiger partial charge is 0.310 e. The summed E-state index contributed by atoms with van der Waals surface area (Å²) in [5.74, 6) is 1.67. The Morgan fingerprint density at radius 3 is 2.64 bits per heavy atom. The summed E-state index contributed by atoms with van der Waals surface area (Å²) in [6, 6.07) is 0. The van der Waals surface area contributed by atoms with E-state index in [9.17, 15) is 4.79 Å². The van der Waals surface area contributed by atoms with Gasteiger partial charge in [-0.3, -0.25) is 9.79 Å². The lowest BCUT2D eigenvalue weighted by Crippen LogP contribution is -2.42. The van der Waals surface area contributed by atoms with Gasteiger partial charge in [-0.1, -0.05) is 19.8 Å². The summed E-state index contributed by atoms with van der Waals surface area (Å²) < 4.78 is 10.9. The van der Waals surface area contributed by atoms with E-state index in [4.69, 9.17) is 9.47 Å². The van der Waals surface area contributed by atoms with Gasteiger partial charge in [0.05, 0.1) is 19.1 Å². The second-order valence-corrected chi connectivity index (χ2v) is 7.31. The molecule has 0 radical (unpaired) electrons. The van der Waals surface area contributed by atoms with Gasteiger partial charge in [0.25, 0.3) is 0 Å². The average Bonchev–Trinajstić information content (AvgIpc) is 3.27. The molecule has 1 heterocycles. The number of nitrogens with one attached hydrogen (secondary N) is 1. The van der Waals surface area contributed by atoms with Crippen LogP contribution >= 0.6 is 0 Å². The van der Waals surface area contributed by atoms with Crippen molar-refractivity contribution in [2.45, 2.75) is 52.1 Å². The van der Waals surface area contributed by atoms with Crippen LogP contribution in [0, 0.1) is 17.8 Å². The molecule has 0 spiro atoms. The third-order valence-electron chi connectivity index (χ3n) is 5.65. The Morgan fingerprint density at radius 2 is 2.04 bits per heavy atom. The number of carbonyl (C=O) groups excluding carboxylic acids is 1. The van der Waals surface area contributed by atoms with Crippen LogP contribution in [0.2, 0.25) is 0 Å². The van der Waals surface area contributed by atoms with E-state index in [1.165, 1.54) is 32.8 Å². The summed E-state index contributed by atoms with van der Waals surface area (Å²) in [4.78, 5) is 18.4. The molecule has 1 aliphatic carbocycles. The maximum atomic E-state index is 11.9. The summed E-state index contributed by atoms with van der Waals surface area (Å²) in [6.45, 7) is 7.30. The minimum Gasteiger partial charge on any atom is -0.469 e. The van der Waals surface area contributed by atoms with E-state index < -0.39 is 0 Å². The Morgan fingerprint density at radius 1 is 1.32 bits per heavy atom. The molecule has 0 bridgehead atoms. The molecule has 3 atom stereocenters. The first-order valence-electron chi connectivity index (χ1n) is 9.75. The highest BCUT2D eigenvalue weighted by atomic mass is 16.5. The third-order valence-corrected chi connectivity index (χ3v) is 5.65. The van der Waals surface area contributed by atoms with Gasteiger partial charge in [-0.15, -0.1) is 0 Å². The third kappa shape index (κ3) is 5.33. The van der Waals surface area contributed by atoms with Crippen molar-refractivity contribution in [3.05, 3.63) is 0 Å². The summed E-state index contributed by atoms with van der Waals surface area (Å²) in [5.41, 5.74) is 0. The molecule has 2 rings (SSSR count). The first-order chi connectivity index (χ1) is 12.1. The van der Waals surface area contributed by atoms with Crippen molar-refractivity contribution >= 4 is 11.9 Å². The molecule has 0 aromatic rings. The lowest BCUT2D eigenvalue weighted by atomic mass is 9.98. The number of nitrogens with zero attached hydrogens (tertiary/aromatic N) is 2. The Balaban J connectivity index is 1.82. The molecule has 3 unspecified atom stereocenters. The number of hydrogen-bond donors (Lipinski definition) is 1. The standard InChI is InChI=1S/C19H35N3O3/c1-5-25-17(15-8-6-7-9-15)10-11-21-19(20-3)22-12-14(2)16(13-22)18(23)24-4/h14-17H,5-13H2,1-4H3,(H,20,21). The van der Waals surface area contributed by atoms with Gasteiger partial charge in [-0.05, 0) is 38.0 Å². The van der Waals surface area contributed by atoms with Crippen molar-refractivity contribution in [2.75, 3.05) is 40.4 Å². The fourth-order valence-electron chi connectivity index (χ4n) is 4.25. The monoisotopic (exact) mass is 353 g/mol. The number of carbonyl (C=O) groups is 1. The molecule has 0 aromatic carbocycles. The number of rotatable bonds is 7. The largest absolute Gasteiger partial charge is 0.469 e. The number of aliphatic imine (C=N–C) groups is 1. The van der Waals surface area contributed by atoms with Crippen LogP contribution in [0.25, 0.3) is 0 Å².